The van der Waals surface area contributed by atoms with E-state index in [2.05, 4.69) is 10.6 Å². The number of carbonyl (C=O) groups is 4. The first kappa shape index (κ1) is 36.6. The second-order valence-corrected chi connectivity index (χ2v) is 13.9. The molecule has 2 heterocycles. The van der Waals surface area contributed by atoms with Crippen molar-refractivity contribution in [2.45, 2.75) is 51.4 Å². The number of non-ortho nitro benzene ring substituents is 2. The Balaban J connectivity index is 1.16. The van der Waals surface area contributed by atoms with Crippen molar-refractivity contribution in [1.82, 2.24) is 9.80 Å². The normalized spacial score (nSPS) is 16.1. The molecule has 2 aromatic rings. The van der Waals surface area contributed by atoms with Crippen molar-refractivity contribution >= 4 is 103 Å². The van der Waals surface area contributed by atoms with Crippen molar-refractivity contribution in [2.75, 3.05) is 23.7 Å². The molecule has 0 saturated carbocycles. The Labute approximate surface area is 294 Å². The molecule has 2 aliphatic rings. The van der Waals surface area contributed by atoms with Gasteiger partial charge in [0.05, 0.1) is 19.7 Å². The minimum atomic E-state index is -0.514. The Hall–Kier alpha value is -4.26. The number of nitro benzene ring substituents is 2. The highest BCUT2D eigenvalue weighted by Crippen LogP contribution is 2.42. The highest BCUT2D eigenvalue weighted by atomic mass is 32.2. The van der Waals surface area contributed by atoms with E-state index in [1.165, 1.54) is 58.3 Å². The van der Waals surface area contributed by atoms with E-state index in [1.807, 2.05) is 0 Å². The molecule has 18 heteroatoms. The molecule has 0 radical (unpaired) electrons. The number of hydrogen-bond acceptors (Lipinski definition) is 12. The summed E-state index contributed by atoms with van der Waals surface area (Å²) in [6, 6.07) is 11.1. The first-order valence-electron chi connectivity index (χ1n) is 14.8. The summed E-state index contributed by atoms with van der Waals surface area (Å²) < 4.78 is 0.700. The predicted octanol–water partition coefficient (Wildman–Crippen LogP) is 6.13. The number of hydrogen-bond donors (Lipinski definition) is 2. The van der Waals surface area contributed by atoms with Crippen molar-refractivity contribution in [1.29, 1.82) is 0 Å². The molecule has 4 rings (SSSR count). The van der Waals surface area contributed by atoms with Crippen LogP contribution in [0.1, 0.15) is 51.4 Å². The summed E-state index contributed by atoms with van der Waals surface area (Å²) in [6.45, 7) is 0.687. The zero-order chi connectivity index (χ0) is 34.8. The molecule has 48 heavy (non-hydrogen) atoms. The van der Waals surface area contributed by atoms with E-state index in [4.69, 9.17) is 24.4 Å². The van der Waals surface area contributed by atoms with Crippen LogP contribution in [0.5, 0.6) is 0 Å². The maximum Gasteiger partial charge on any atom is 0.269 e. The van der Waals surface area contributed by atoms with Gasteiger partial charge in [0.1, 0.15) is 8.64 Å². The topological polar surface area (TPSA) is 185 Å². The van der Waals surface area contributed by atoms with E-state index in [-0.39, 0.29) is 57.7 Å². The molecule has 0 aromatic heterocycles. The fraction of sp³-hybridized carbons (Fsp3) is 0.333. The van der Waals surface area contributed by atoms with Gasteiger partial charge in [0, 0.05) is 61.6 Å². The van der Waals surface area contributed by atoms with Gasteiger partial charge in [-0.15, -0.1) is 0 Å². The van der Waals surface area contributed by atoms with Gasteiger partial charge in [0.25, 0.3) is 23.2 Å². The van der Waals surface area contributed by atoms with Crippen LogP contribution in [0.3, 0.4) is 0 Å². The lowest BCUT2D eigenvalue weighted by Crippen LogP contribution is -2.31. The van der Waals surface area contributed by atoms with Gasteiger partial charge in [0.2, 0.25) is 11.8 Å². The van der Waals surface area contributed by atoms with Crippen molar-refractivity contribution in [2.24, 2.45) is 0 Å². The van der Waals surface area contributed by atoms with E-state index in [9.17, 15) is 39.4 Å². The molecule has 2 fully saturated rings. The summed E-state index contributed by atoms with van der Waals surface area (Å²) in [6.07, 6.45) is 4.12. The number of nitro groups is 2. The Kier molecular flexibility index (Phi) is 13.1. The fourth-order valence-corrected chi connectivity index (χ4v) is 7.47. The lowest BCUT2D eigenvalue weighted by atomic mass is 10.1. The lowest BCUT2D eigenvalue weighted by Gasteiger charge is -2.14. The summed E-state index contributed by atoms with van der Waals surface area (Å²) in [5.74, 6) is -1.13. The first-order chi connectivity index (χ1) is 22.9. The second kappa shape index (κ2) is 17.2. The smallest absolute Gasteiger partial charge is 0.269 e. The lowest BCUT2D eigenvalue weighted by molar-refractivity contribution is -0.385. The van der Waals surface area contributed by atoms with E-state index in [0.29, 0.717) is 71.6 Å². The van der Waals surface area contributed by atoms with E-state index >= 15 is 0 Å². The summed E-state index contributed by atoms with van der Waals surface area (Å²) in [7, 11) is 0. The van der Waals surface area contributed by atoms with E-state index in [1.54, 1.807) is 0 Å². The standard InChI is InChI=1S/C30H30N6O8S4/c37-23(31-19-9-13-21(14-10-19)35(41)42)7-3-1-5-17-33-27(39)25(47-29(33)45)26-28(40)34(30(46)48-26)18-6-2-4-8-24(38)32-20-11-15-22(16-12-20)36(43)44/h9-16H,1-8,17-18H2,(H,31,37)(H,32,38). The fourth-order valence-electron chi connectivity index (χ4n) is 4.70. The van der Waals surface area contributed by atoms with Gasteiger partial charge in [-0.1, -0.05) is 60.8 Å². The van der Waals surface area contributed by atoms with Crippen molar-refractivity contribution in [3.05, 3.63) is 78.6 Å². The molecule has 0 aliphatic carbocycles. The maximum atomic E-state index is 13.2. The largest absolute Gasteiger partial charge is 0.326 e. The molecule has 2 N–H and O–H groups in total. The molecular weight excluding hydrogens is 701 g/mol. The number of nitrogens with zero attached hydrogens (tertiary/aromatic N) is 4. The van der Waals surface area contributed by atoms with Gasteiger partial charge >= 0.3 is 0 Å². The van der Waals surface area contributed by atoms with E-state index in [0.717, 1.165) is 23.5 Å². The molecule has 14 nitrogen and oxygen atoms in total. The Morgan fingerprint density at radius 2 is 0.979 bits per heavy atom. The maximum absolute atomic E-state index is 13.2. The summed E-state index contributed by atoms with van der Waals surface area (Å²) in [4.78, 5) is 74.8. The van der Waals surface area contributed by atoms with Crippen LogP contribution < -0.4 is 10.6 Å². The summed E-state index contributed by atoms with van der Waals surface area (Å²) >= 11 is 13.0. The minimum absolute atomic E-state index is 0.0634. The van der Waals surface area contributed by atoms with Gasteiger partial charge in [-0.3, -0.25) is 49.2 Å². The Morgan fingerprint density at radius 1 is 0.625 bits per heavy atom. The van der Waals surface area contributed by atoms with Gasteiger partial charge in [-0.25, -0.2) is 0 Å². The highest BCUT2D eigenvalue weighted by Gasteiger charge is 2.41. The molecule has 2 saturated heterocycles. The van der Waals surface area contributed by atoms with Gasteiger partial charge in [0.15, 0.2) is 0 Å². The Morgan fingerprint density at radius 3 is 1.31 bits per heavy atom. The molecule has 2 aliphatic heterocycles. The van der Waals surface area contributed by atoms with E-state index < -0.39 is 9.85 Å². The highest BCUT2D eigenvalue weighted by molar-refractivity contribution is 8.29. The van der Waals surface area contributed by atoms with Gasteiger partial charge in [-0.05, 0) is 49.9 Å². The second-order valence-electron chi connectivity index (χ2n) is 10.6. The predicted molar refractivity (Wildman–Crippen MR) is 191 cm³/mol. The van der Waals surface area contributed by atoms with Crippen LogP contribution in [-0.4, -0.2) is 65.0 Å². The number of carbonyl (C=O) groups excluding carboxylic acids is 4. The number of unbranched alkanes of at least 4 members (excludes halogenated alkanes) is 4. The molecule has 252 valence electrons. The van der Waals surface area contributed by atoms with Gasteiger partial charge in [-0.2, -0.15) is 0 Å². The number of thiocarbonyl (C=S) groups is 2. The average molecular weight is 731 g/mol. The molecule has 0 bridgehead atoms. The van der Waals surface area contributed by atoms with Crippen molar-refractivity contribution < 1.29 is 29.0 Å². The first-order valence-corrected chi connectivity index (χ1v) is 17.3. The number of rotatable bonds is 16. The molecular formula is C30H30N6O8S4. The van der Waals surface area contributed by atoms with Crippen LogP contribution in [0, 0.1) is 20.2 Å². The average Bonchev–Trinajstić information content (AvgIpc) is 3.49. The molecule has 0 unspecified atom stereocenters. The minimum Gasteiger partial charge on any atom is -0.326 e. The van der Waals surface area contributed by atoms with Crippen LogP contribution in [-0.2, 0) is 19.2 Å². The van der Waals surface area contributed by atoms with Crippen LogP contribution >= 0.6 is 48.0 Å². The number of thioether (sulfide) groups is 2. The van der Waals surface area contributed by atoms with Crippen LogP contribution in [0.2, 0.25) is 0 Å². The van der Waals surface area contributed by atoms with Crippen LogP contribution in [0.15, 0.2) is 58.3 Å². The number of nitrogens with one attached hydrogen (secondary N) is 2. The molecule has 2 aromatic carbocycles. The quantitative estimate of drug-likeness (QED) is 0.0663. The third-order valence-electron chi connectivity index (χ3n) is 7.20. The number of amides is 4. The number of benzene rings is 2. The molecule has 4 amide bonds. The number of anilines is 2. The zero-order valence-corrected chi connectivity index (χ0v) is 28.6. The summed E-state index contributed by atoms with van der Waals surface area (Å²) in [5, 5.41) is 26.9. The van der Waals surface area contributed by atoms with Crippen LogP contribution in [0.25, 0.3) is 0 Å². The summed E-state index contributed by atoms with van der Waals surface area (Å²) in [5.41, 5.74) is 0.811. The molecule has 0 spiro atoms. The monoisotopic (exact) mass is 730 g/mol. The third-order valence-corrected chi connectivity index (χ3v) is 10.2. The Bertz CT molecular complexity index is 1540. The van der Waals surface area contributed by atoms with Crippen molar-refractivity contribution in [3.63, 3.8) is 0 Å². The third kappa shape index (κ3) is 9.88. The SMILES string of the molecule is O=C(CCCCCN1C(=O)C(=C2SC(=S)N(CCCCCC(=O)Nc3ccc([N+](=O)[O-])cc3)C2=O)SC1=S)Nc1ccc([N+](=O)[O-])cc1. The molecule has 0 atom stereocenters. The van der Waals surface area contributed by atoms with Crippen LogP contribution in [0.4, 0.5) is 22.7 Å². The van der Waals surface area contributed by atoms with Crippen molar-refractivity contribution in [3.8, 4) is 0 Å². The van der Waals surface area contributed by atoms with Gasteiger partial charge < -0.3 is 10.6 Å². The zero-order valence-electron chi connectivity index (χ0n) is 25.4.